The first kappa shape index (κ1) is 11.0. The number of amides is 2. The monoisotopic (exact) mass is 199 g/mol. The van der Waals surface area contributed by atoms with E-state index < -0.39 is 0 Å². The predicted octanol–water partition coefficient (Wildman–Crippen LogP) is -0.974. The number of hydrogen-bond donors (Lipinski definition) is 1. The van der Waals surface area contributed by atoms with Gasteiger partial charge in [0.15, 0.2) is 0 Å². The molecule has 1 aliphatic heterocycles. The summed E-state index contributed by atoms with van der Waals surface area (Å²) in [5.41, 5.74) is 5.37. The van der Waals surface area contributed by atoms with Gasteiger partial charge in [-0.25, -0.2) is 0 Å². The number of hydrogen-bond acceptors (Lipinski definition) is 3. The highest BCUT2D eigenvalue weighted by atomic mass is 16.2. The molecule has 0 unspecified atom stereocenters. The molecule has 1 saturated heterocycles. The number of carbonyl (C=O) groups excluding carboxylic acids is 2. The zero-order chi connectivity index (χ0) is 10.6. The molecule has 0 spiro atoms. The molecule has 0 aromatic rings. The Bertz CT molecular complexity index is 230. The van der Waals surface area contributed by atoms with Crippen LogP contribution in [0.5, 0.6) is 0 Å². The third kappa shape index (κ3) is 2.70. The Morgan fingerprint density at radius 1 is 1.36 bits per heavy atom. The fourth-order valence-corrected chi connectivity index (χ4v) is 1.46. The lowest BCUT2D eigenvalue weighted by molar-refractivity contribution is -0.135. The molecule has 5 nitrogen and oxygen atoms in total. The summed E-state index contributed by atoms with van der Waals surface area (Å²) in [6.45, 7) is 1.97. The van der Waals surface area contributed by atoms with Crippen molar-refractivity contribution in [3.63, 3.8) is 0 Å². The molecule has 5 heteroatoms. The van der Waals surface area contributed by atoms with Gasteiger partial charge in [-0.15, -0.1) is 0 Å². The zero-order valence-electron chi connectivity index (χ0n) is 8.53. The van der Waals surface area contributed by atoms with Crippen LogP contribution < -0.4 is 5.73 Å². The van der Waals surface area contributed by atoms with Gasteiger partial charge in [0, 0.05) is 26.6 Å². The Hall–Kier alpha value is -1.10. The average Bonchev–Trinajstić information content (AvgIpc) is 2.26. The molecule has 2 amide bonds. The molecule has 0 bridgehead atoms. The van der Waals surface area contributed by atoms with Gasteiger partial charge in [-0.2, -0.15) is 0 Å². The molecule has 0 aliphatic carbocycles. The highest BCUT2D eigenvalue weighted by Gasteiger charge is 2.23. The van der Waals surface area contributed by atoms with Crippen LogP contribution in [0.1, 0.15) is 12.8 Å². The van der Waals surface area contributed by atoms with Crippen LogP contribution in [0.25, 0.3) is 0 Å². The second-order valence-electron chi connectivity index (χ2n) is 3.52. The van der Waals surface area contributed by atoms with Crippen molar-refractivity contribution >= 4 is 11.8 Å². The first-order valence-electron chi connectivity index (χ1n) is 4.87. The summed E-state index contributed by atoms with van der Waals surface area (Å²) < 4.78 is 0. The van der Waals surface area contributed by atoms with Crippen LogP contribution in [0, 0.1) is 0 Å². The molecule has 1 heterocycles. The standard InChI is InChI=1S/C9H17N3O2/c1-11-7-9(14)12(5-2-4-10)6-3-8(11)13/h2-7,10H2,1H3. The first-order valence-corrected chi connectivity index (χ1v) is 4.87. The molecule has 1 aliphatic rings. The minimum absolute atomic E-state index is 0.0202. The van der Waals surface area contributed by atoms with Crippen molar-refractivity contribution in [3.8, 4) is 0 Å². The maximum Gasteiger partial charge on any atom is 0.242 e. The van der Waals surface area contributed by atoms with Crippen LogP contribution in [0.15, 0.2) is 0 Å². The van der Waals surface area contributed by atoms with Gasteiger partial charge >= 0.3 is 0 Å². The van der Waals surface area contributed by atoms with Crippen LogP contribution in [-0.4, -0.2) is 54.8 Å². The van der Waals surface area contributed by atoms with E-state index in [1.165, 1.54) is 4.90 Å². The summed E-state index contributed by atoms with van der Waals surface area (Å²) in [6, 6.07) is 0. The molecule has 0 atom stereocenters. The highest BCUT2D eigenvalue weighted by Crippen LogP contribution is 2.04. The van der Waals surface area contributed by atoms with Crippen LogP contribution in [0.3, 0.4) is 0 Å². The van der Waals surface area contributed by atoms with Crippen molar-refractivity contribution in [2.45, 2.75) is 12.8 Å². The van der Waals surface area contributed by atoms with Crippen molar-refractivity contribution in [2.24, 2.45) is 5.73 Å². The minimum Gasteiger partial charge on any atom is -0.341 e. The first-order chi connectivity index (χ1) is 6.65. The van der Waals surface area contributed by atoms with Gasteiger partial charge in [-0.1, -0.05) is 0 Å². The van der Waals surface area contributed by atoms with Gasteiger partial charge < -0.3 is 15.5 Å². The van der Waals surface area contributed by atoms with E-state index >= 15 is 0 Å². The Balaban J connectivity index is 2.52. The highest BCUT2D eigenvalue weighted by molar-refractivity contribution is 5.87. The Labute approximate surface area is 83.8 Å². The van der Waals surface area contributed by atoms with Gasteiger partial charge in [-0.3, -0.25) is 9.59 Å². The third-order valence-corrected chi connectivity index (χ3v) is 2.38. The third-order valence-electron chi connectivity index (χ3n) is 2.38. The molecule has 1 rings (SSSR count). The van der Waals surface area contributed by atoms with Crippen molar-refractivity contribution in [2.75, 3.05) is 33.2 Å². The van der Waals surface area contributed by atoms with E-state index in [1.807, 2.05) is 0 Å². The van der Waals surface area contributed by atoms with E-state index in [-0.39, 0.29) is 18.4 Å². The van der Waals surface area contributed by atoms with E-state index in [9.17, 15) is 9.59 Å². The fourth-order valence-electron chi connectivity index (χ4n) is 1.46. The quantitative estimate of drug-likeness (QED) is 0.635. The summed E-state index contributed by atoms with van der Waals surface area (Å²) in [4.78, 5) is 26.1. The van der Waals surface area contributed by atoms with E-state index in [0.29, 0.717) is 26.1 Å². The topological polar surface area (TPSA) is 66.6 Å². The van der Waals surface area contributed by atoms with E-state index in [1.54, 1.807) is 11.9 Å². The van der Waals surface area contributed by atoms with Gasteiger partial charge in [0.2, 0.25) is 11.8 Å². The van der Waals surface area contributed by atoms with Crippen molar-refractivity contribution in [1.82, 2.24) is 9.80 Å². The smallest absolute Gasteiger partial charge is 0.242 e. The van der Waals surface area contributed by atoms with Gasteiger partial charge in [0.25, 0.3) is 0 Å². The minimum atomic E-state index is 0.0202. The Morgan fingerprint density at radius 3 is 2.71 bits per heavy atom. The number of rotatable bonds is 3. The summed E-state index contributed by atoms with van der Waals surface area (Å²) in [6.07, 6.45) is 1.22. The summed E-state index contributed by atoms with van der Waals surface area (Å²) in [7, 11) is 1.66. The van der Waals surface area contributed by atoms with Gasteiger partial charge in [0.1, 0.15) is 0 Å². The molecule has 2 N–H and O–H groups in total. The Morgan fingerprint density at radius 2 is 2.07 bits per heavy atom. The SMILES string of the molecule is CN1CC(=O)N(CCCN)CCC1=O. The van der Waals surface area contributed by atoms with E-state index in [2.05, 4.69) is 0 Å². The van der Waals surface area contributed by atoms with Crippen LogP contribution in [0.2, 0.25) is 0 Å². The van der Waals surface area contributed by atoms with Crippen LogP contribution in [-0.2, 0) is 9.59 Å². The predicted molar refractivity (Wildman–Crippen MR) is 52.5 cm³/mol. The lowest BCUT2D eigenvalue weighted by Crippen LogP contribution is -2.37. The average molecular weight is 199 g/mol. The van der Waals surface area contributed by atoms with Crippen molar-refractivity contribution in [3.05, 3.63) is 0 Å². The molecular weight excluding hydrogens is 182 g/mol. The van der Waals surface area contributed by atoms with Crippen LogP contribution >= 0.6 is 0 Å². The fraction of sp³-hybridized carbons (Fsp3) is 0.778. The van der Waals surface area contributed by atoms with E-state index in [0.717, 1.165) is 6.42 Å². The molecule has 0 aromatic heterocycles. The second kappa shape index (κ2) is 4.95. The molecule has 0 aromatic carbocycles. The maximum atomic E-state index is 11.6. The number of nitrogens with two attached hydrogens (primary N) is 1. The van der Waals surface area contributed by atoms with Crippen molar-refractivity contribution < 1.29 is 9.59 Å². The van der Waals surface area contributed by atoms with Crippen molar-refractivity contribution in [1.29, 1.82) is 0 Å². The van der Waals surface area contributed by atoms with Crippen LogP contribution in [0.4, 0.5) is 0 Å². The lowest BCUT2D eigenvalue weighted by Gasteiger charge is -2.19. The number of likely N-dealkylation sites (N-methyl/N-ethyl adjacent to an activating group) is 1. The molecule has 14 heavy (non-hydrogen) atoms. The summed E-state index contributed by atoms with van der Waals surface area (Å²) in [5, 5.41) is 0. The number of carbonyl (C=O) groups is 2. The molecular formula is C9H17N3O2. The maximum absolute atomic E-state index is 11.6. The Kier molecular flexibility index (Phi) is 3.88. The summed E-state index contributed by atoms with van der Waals surface area (Å²) >= 11 is 0. The molecule has 0 saturated carbocycles. The van der Waals surface area contributed by atoms with Gasteiger partial charge in [0.05, 0.1) is 6.54 Å². The normalized spacial score (nSPS) is 18.7. The molecule has 1 fully saturated rings. The number of nitrogens with zero attached hydrogens (tertiary/aromatic N) is 2. The molecule has 80 valence electrons. The largest absolute Gasteiger partial charge is 0.341 e. The molecule has 0 radical (unpaired) electrons. The van der Waals surface area contributed by atoms with E-state index in [4.69, 9.17) is 5.73 Å². The summed E-state index contributed by atoms with van der Waals surface area (Å²) in [5.74, 6) is 0.0559. The van der Waals surface area contributed by atoms with Gasteiger partial charge in [-0.05, 0) is 13.0 Å². The lowest BCUT2D eigenvalue weighted by atomic mass is 10.3. The second-order valence-corrected chi connectivity index (χ2v) is 3.52. The zero-order valence-corrected chi connectivity index (χ0v) is 8.53.